The molecule has 0 atom stereocenters. The van der Waals surface area contributed by atoms with Gasteiger partial charge < -0.3 is 4.57 Å². The Morgan fingerprint density at radius 3 is 2.81 bits per heavy atom. The normalized spacial score (nSPS) is 10.6. The first kappa shape index (κ1) is 11.1. The van der Waals surface area contributed by atoms with Crippen molar-refractivity contribution in [3.8, 4) is 0 Å². The van der Waals surface area contributed by atoms with Crippen LogP contribution in [0, 0.1) is 0 Å². The summed E-state index contributed by atoms with van der Waals surface area (Å²) < 4.78 is 2.62. The number of benzene rings is 1. The Kier molecular flexibility index (Phi) is 2.97. The first-order chi connectivity index (χ1) is 7.59. The van der Waals surface area contributed by atoms with Gasteiger partial charge in [-0.25, -0.2) is 0 Å². The van der Waals surface area contributed by atoms with Crippen LogP contribution in [-0.4, -0.2) is 4.57 Å². The number of para-hydroxylation sites is 1. The maximum atomic E-state index is 11.9. The fourth-order valence-electron chi connectivity index (χ4n) is 1.73. The molecule has 16 heavy (non-hydrogen) atoms. The van der Waals surface area contributed by atoms with E-state index in [9.17, 15) is 4.79 Å². The molecular weight excluding hydrogens is 266 g/mol. The van der Waals surface area contributed by atoms with Crippen molar-refractivity contribution in [2.24, 2.45) is 0 Å². The highest BCUT2D eigenvalue weighted by Crippen LogP contribution is 2.15. The predicted molar refractivity (Wildman–Crippen MR) is 70.7 cm³/mol. The quantitative estimate of drug-likeness (QED) is 0.772. The maximum absolute atomic E-state index is 11.9. The predicted octanol–water partition coefficient (Wildman–Crippen LogP) is 3.34. The molecule has 0 spiro atoms. The minimum absolute atomic E-state index is 0.0357. The summed E-state index contributed by atoms with van der Waals surface area (Å²) in [5.74, 6) is 0. The monoisotopic (exact) mass is 277 g/mol. The number of aromatic nitrogens is 1. The van der Waals surface area contributed by atoms with Crippen LogP contribution in [0.3, 0.4) is 0 Å². The van der Waals surface area contributed by atoms with Gasteiger partial charge >= 0.3 is 0 Å². The van der Waals surface area contributed by atoms with Crippen molar-refractivity contribution in [2.45, 2.75) is 13.5 Å². The second-order valence-electron chi connectivity index (χ2n) is 3.91. The summed E-state index contributed by atoms with van der Waals surface area (Å²) in [5, 5.41) is 0.734. The molecule has 0 aliphatic rings. The Bertz CT molecular complexity index is 613. The largest absolute Gasteiger partial charge is 0.342 e. The summed E-state index contributed by atoms with van der Waals surface area (Å²) in [5.41, 5.74) is 2.04. The van der Waals surface area contributed by atoms with Crippen LogP contribution < -0.4 is 5.43 Å². The lowest BCUT2D eigenvalue weighted by atomic mass is 10.2. The van der Waals surface area contributed by atoms with Crippen molar-refractivity contribution < 1.29 is 0 Å². The Hall–Kier alpha value is -1.35. The Balaban J connectivity index is 2.79. The average molecular weight is 278 g/mol. The third-order valence-electron chi connectivity index (χ3n) is 2.38. The molecule has 0 N–H and O–H groups in total. The van der Waals surface area contributed by atoms with Crippen molar-refractivity contribution in [3.63, 3.8) is 0 Å². The third kappa shape index (κ3) is 1.95. The molecule has 0 saturated carbocycles. The second-order valence-corrected chi connectivity index (χ2v) is 4.76. The van der Waals surface area contributed by atoms with E-state index in [0.717, 1.165) is 23.0 Å². The van der Waals surface area contributed by atoms with Crippen molar-refractivity contribution in [3.05, 3.63) is 57.3 Å². The van der Waals surface area contributed by atoms with Crippen LogP contribution >= 0.6 is 15.9 Å². The first-order valence-corrected chi connectivity index (χ1v) is 5.81. The number of fused-ring (bicyclic) bond motifs is 1. The summed E-state index contributed by atoms with van der Waals surface area (Å²) in [7, 11) is 0. The minimum Gasteiger partial charge on any atom is -0.342 e. The molecule has 3 heteroatoms. The van der Waals surface area contributed by atoms with Crippen molar-refractivity contribution in [2.75, 3.05) is 0 Å². The molecule has 0 aliphatic carbocycles. The molecule has 2 nitrogen and oxygen atoms in total. The number of hydrogen-bond acceptors (Lipinski definition) is 1. The van der Waals surface area contributed by atoms with E-state index in [1.54, 1.807) is 0 Å². The fourth-order valence-corrected chi connectivity index (χ4v) is 2.19. The molecule has 0 aliphatic heterocycles. The van der Waals surface area contributed by atoms with Crippen LogP contribution in [0.2, 0.25) is 0 Å². The third-order valence-corrected chi connectivity index (χ3v) is 2.95. The molecule has 0 fully saturated rings. The molecule has 2 rings (SSSR count). The molecular formula is C13H12BrNO. The van der Waals surface area contributed by atoms with Crippen molar-refractivity contribution in [1.82, 2.24) is 4.57 Å². The Morgan fingerprint density at radius 1 is 1.44 bits per heavy atom. The average Bonchev–Trinajstić information content (AvgIpc) is 2.25. The van der Waals surface area contributed by atoms with E-state index in [1.165, 1.54) is 0 Å². The maximum Gasteiger partial charge on any atom is 0.203 e. The lowest BCUT2D eigenvalue weighted by Gasteiger charge is -2.11. The van der Waals surface area contributed by atoms with Gasteiger partial charge in [-0.15, -0.1) is 0 Å². The topological polar surface area (TPSA) is 22.0 Å². The fraction of sp³-hybridized carbons (Fsp3) is 0.154. The lowest BCUT2D eigenvalue weighted by molar-refractivity contribution is 0.809. The number of halogens is 1. The SMILES string of the molecule is C=C(C)Cn1cc(Br)c(=O)c2ccccc21. The Labute approximate surface area is 102 Å². The molecule has 1 aromatic heterocycles. The first-order valence-electron chi connectivity index (χ1n) is 5.01. The zero-order valence-corrected chi connectivity index (χ0v) is 10.6. The molecule has 2 aromatic rings. The van der Waals surface area contributed by atoms with Crippen LogP contribution in [-0.2, 0) is 6.54 Å². The number of pyridine rings is 1. The standard InChI is InChI=1S/C13H12BrNO/c1-9(2)7-15-8-11(14)13(16)10-5-3-4-6-12(10)15/h3-6,8H,1,7H2,2H3. The molecule has 1 heterocycles. The van der Waals surface area contributed by atoms with Crippen molar-refractivity contribution in [1.29, 1.82) is 0 Å². The second kappa shape index (κ2) is 4.26. The van der Waals surface area contributed by atoms with Gasteiger partial charge in [-0.2, -0.15) is 0 Å². The van der Waals surface area contributed by atoms with Gasteiger partial charge in [0.15, 0.2) is 0 Å². The van der Waals surface area contributed by atoms with Gasteiger partial charge in [-0.3, -0.25) is 4.79 Å². The highest BCUT2D eigenvalue weighted by atomic mass is 79.9. The molecule has 1 aromatic carbocycles. The van der Waals surface area contributed by atoms with E-state index in [1.807, 2.05) is 42.0 Å². The zero-order chi connectivity index (χ0) is 11.7. The van der Waals surface area contributed by atoms with Crippen LogP contribution in [0.15, 0.2) is 51.9 Å². The van der Waals surface area contributed by atoms with Crippen LogP contribution in [0.4, 0.5) is 0 Å². The number of rotatable bonds is 2. The van der Waals surface area contributed by atoms with E-state index >= 15 is 0 Å². The summed E-state index contributed by atoms with van der Waals surface area (Å²) in [4.78, 5) is 11.9. The van der Waals surface area contributed by atoms with Crippen molar-refractivity contribution >= 4 is 26.8 Å². The summed E-state index contributed by atoms with van der Waals surface area (Å²) in [6.07, 6.45) is 1.82. The van der Waals surface area contributed by atoms with E-state index in [0.29, 0.717) is 4.47 Å². The number of allylic oxidation sites excluding steroid dienone is 1. The molecule has 0 radical (unpaired) electrons. The van der Waals surface area contributed by atoms with Gasteiger partial charge in [0.1, 0.15) is 0 Å². The lowest BCUT2D eigenvalue weighted by Crippen LogP contribution is -2.10. The molecule has 0 bridgehead atoms. The van der Waals surface area contributed by atoms with Crippen LogP contribution in [0.1, 0.15) is 6.92 Å². The minimum atomic E-state index is 0.0357. The van der Waals surface area contributed by atoms with Gasteiger partial charge in [0.05, 0.1) is 9.99 Å². The summed E-state index contributed by atoms with van der Waals surface area (Å²) >= 11 is 3.29. The van der Waals surface area contributed by atoms with Gasteiger partial charge in [-0.1, -0.05) is 24.3 Å². The zero-order valence-electron chi connectivity index (χ0n) is 9.03. The Morgan fingerprint density at radius 2 is 2.12 bits per heavy atom. The van der Waals surface area contributed by atoms with E-state index in [-0.39, 0.29) is 5.43 Å². The van der Waals surface area contributed by atoms with Gasteiger partial charge in [0.25, 0.3) is 0 Å². The van der Waals surface area contributed by atoms with Gasteiger partial charge in [-0.05, 0) is 35.0 Å². The van der Waals surface area contributed by atoms with Gasteiger partial charge in [0, 0.05) is 18.1 Å². The molecule has 82 valence electrons. The van der Waals surface area contributed by atoms with Crippen LogP contribution in [0.5, 0.6) is 0 Å². The van der Waals surface area contributed by atoms with Gasteiger partial charge in [0.2, 0.25) is 5.43 Å². The van der Waals surface area contributed by atoms with E-state index in [2.05, 4.69) is 22.5 Å². The summed E-state index contributed by atoms with van der Waals surface area (Å²) in [6, 6.07) is 7.61. The van der Waals surface area contributed by atoms with Crippen LogP contribution in [0.25, 0.3) is 10.9 Å². The smallest absolute Gasteiger partial charge is 0.203 e. The van der Waals surface area contributed by atoms with E-state index in [4.69, 9.17) is 0 Å². The molecule has 0 amide bonds. The highest BCUT2D eigenvalue weighted by Gasteiger charge is 2.06. The molecule has 0 unspecified atom stereocenters. The summed E-state index contributed by atoms with van der Waals surface area (Å²) in [6.45, 7) is 6.59. The van der Waals surface area contributed by atoms with E-state index < -0.39 is 0 Å². The number of nitrogens with zero attached hydrogens (tertiary/aromatic N) is 1. The highest BCUT2D eigenvalue weighted by molar-refractivity contribution is 9.10. The number of hydrogen-bond donors (Lipinski definition) is 0. The molecule has 0 saturated heterocycles.